The van der Waals surface area contributed by atoms with E-state index in [0.717, 1.165) is 0 Å². The van der Waals surface area contributed by atoms with Crippen molar-refractivity contribution in [3.63, 3.8) is 0 Å². The Morgan fingerprint density at radius 1 is 1.25 bits per heavy atom. The van der Waals surface area contributed by atoms with Crippen LogP contribution in [0.3, 0.4) is 0 Å². The van der Waals surface area contributed by atoms with Crippen LogP contribution in [0.5, 0.6) is 0 Å². The third kappa shape index (κ3) is 2.20. The molecule has 0 spiro atoms. The second kappa shape index (κ2) is 4.48. The maximum absolute atomic E-state index is 5.60. The number of hydrogen-bond donors (Lipinski definition) is 1. The van der Waals surface area contributed by atoms with Crippen LogP contribution in [0.1, 0.15) is 5.82 Å². The van der Waals surface area contributed by atoms with E-state index in [1.54, 1.807) is 12.3 Å². The number of hydrogen-bond acceptors (Lipinski definition) is 5. The molecule has 0 amide bonds. The van der Waals surface area contributed by atoms with E-state index in [2.05, 4.69) is 26.5 Å². The number of nitrogens with zero attached hydrogens (tertiary/aromatic N) is 4. The van der Waals surface area contributed by atoms with Gasteiger partial charge in [0.1, 0.15) is 11.5 Å². The van der Waals surface area contributed by atoms with Gasteiger partial charge in [0.25, 0.3) is 0 Å². The highest BCUT2D eigenvalue weighted by molar-refractivity contribution is 5.49. The summed E-state index contributed by atoms with van der Waals surface area (Å²) in [5, 5.41) is 0. The van der Waals surface area contributed by atoms with Crippen LogP contribution in [0.15, 0.2) is 37.1 Å². The van der Waals surface area contributed by atoms with Crippen molar-refractivity contribution in [1.82, 2.24) is 19.9 Å². The predicted molar refractivity (Wildman–Crippen MR) is 61.4 cm³/mol. The molecule has 0 aliphatic rings. The molecular weight excluding hydrogens is 202 g/mol. The molecule has 0 saturated carbocycles. The maximum atomic E-state index is 5.60. The lowest BCUT2D eigenvalue weighted by Crippen LogP contribution is -2.04. The molecule has 2 aromatic rings. The van der Waals surface area contributed by atoms with E-state index in [1.165, 1.54) is 0 Å². The van der Waals surface area contributed by atoms with Gasteiger partial charge in [-0.25, -0.2) is 4.98 Å². The molecule has 0 fully saturated rings. The number of rotatable bonds is 3. The monoisotopic (exact) mass is 213 g/mol. The lowest BCUT2D eigenvalue weighted by atomic mass is 10.3. The molecule has 0 saturated heterocycles. The van der Waals surface area contributed by atoms with Crippen LogP contribution >= 0.6 is 0 Å². The average Bonchev–Trinajstić information content (AvgIpc) is 2.30. The topological polar surface area (TPSA) is 77.6 Å². The third-order valence-corrected chi connectivity index (χ3v) is 1.92. The van der Waals surface area contributed by atoms with Gasteiger partial charge in [-0.15, -0.1) is 6.58 Å². The van der Waals surface area contributed by atoms with E-state index >= 15 is 0 Å². The standard InChI is InChI=1S/C11H11N5/c1-2-5-9-14-10(16-11(12)15-9)8-6-3-4-7-13-8/h2-4,6-7H,1,5H2,(H2,12,14,15,16). The Balaban J connectivity index is 2.45. The van der Waals surface area contributed by atoms with Crippen molar-refractivity contribution < 1.29 is 0 Å². The van der Waals surface area contributed by atoms with Gasteiger partial charge in [-0.1, -0.05) is 12.1 Å². The van der Waals surface area contributed by atoms with Gasteiger partial charge < -0.3 is 5.73 Å². The van der Waals surface area contributed by atoms with Gasteiger partial charge in [0.15, 0.2) is 5.82 Å². The third-order valence-electron chi connectivity index (χ3n) is 1.92. The SMILES string of the molecule is C=CCc1nc(N)nc(-c2ccccn2)n1. The van der Waals surface area contributed by atoms with E-state index in [-0.39, 0.29) is 5.95 Å². The lowest BCUT2D eigenvalue weighted by Gasteiger charge is -2.02. The number of nitrogen functional groups attached to an aromatic ring is 1. The molecule has 0 bridgehead atoms. The van der Waals surface area contributed by atoms with Crippen molar-refractivity contribution in [1.29, 1.82) is 0 Å². The zero-order chi connectivity index (χ0) is 11.4. The van der Waals surface area contributed by atoms with Crippen LogP contribution in [-0.2, 0) is 6.42 Å². The molecule has 0 aliphatic carbocycles. The van der Waals surface area contributed by atoms with E-state index in [4.69, 9.17) is 5.73 Å². The molecule has 0 unspecified atom stereocenters. The van der Waals surface area contributed by atoms with E-state index < -0.39 is 0 Å². The molecule has 2 N–H and O–H groups in total. The summed E-state index contributed by atoms with van der Waals surface area (Å²) in [4.78, 5) is 16.5. The number of allylic oxidation sites excluding steroid dienone is 1. The van der Waals surface area contributed by atoms with Crippen LogP contribution in [0.2, 0.25) is 0 Å². The van der Waals surface area contributed by atoms with E-state index in [9.17, 15) is 0 Å². The van der Waals surface area contributed by atoms with Crippen LogP contribution < -0.4 is 5.73 Å². The fourth-order valence-corrected chi connectivity index (χ4v) is 1.27. The molecule has 16 heavy (non-hydrogen) atoms. The minimum Gasteiger partial charge on any atom is -0.368 e. The first-order valence-electron chi connectivity index (χ1n) is 4.82. The molecule has 2 rings (SSSR count). The second-order valence-electron chi connectivity index (χ2n) is 3.14. The predicted octanol–water partition coefficient (Wildman–Crippen LogP) is 1.24. The van der Waals surface area contributed by atoms with Crippen molar-refractivity contribution in [3.8, 4) is 11.5 Å². The van der Waals surface area contributed by atoms with Crippen LogP contribution in [0.25, 0.3) is 11.5 Å². The summed E-state index contributed by atoms with van der Waals surface area (Å²) in [5.74, 6) is 1.29. The van der Waals surface area contributed by atoms with Gasteiger partial charge >= 0.3 is 0 Å². The summed E-state index contributed by atoms with van der Waals surface area (Å²) >= 11 is 0. The largest absolute Gasteiger partial charge is 0.368 e. The number of pyridine rings is 1. The molecule has 5 nitrogen and oxygen atoms in total. The zero-order valence-electron chi connectivity index (χ0n) is 8.67. The van der Waals surface area contributed by atoms with Gasteiger partial charge in [0.05, 0.1) is 0 Å². The number of anilines is 1. The van der Waals surface area contributed by atoms with Crippen LogP contribution in [-0.4, -0.2) is 19.9 Å². The second-order valence-corrected chi connectivity index (χ2v) is 3.14. The summed E-state index contributed by atoms with van der Waals surface area (Å²) in [5.41, 5.74) is 6.29. The Morgan fingerprint density at radius 2 is 2.12 bits per heavy atom. The highest BCUT2D eigenvalue weighted by Crippen LogP contribution is 2.11. The van der Waals surface area contributed by atoms with Crippen molar-refractivity contribution in [3.05, 3.63) is 42.9 Å². The smallest absolute Gasteiger partial charge is 0.223 e. The van der Waals surface area contributed by atoms with Gasteiger partial charge in [-0.3, -0.25) is 4.98 Å². The molecule has 0 aliphatic heterocycles. The fraction of sp³-hybridized carbons (Fsp3) is 0.0909. The molecular formula is C11H11N5. The summed E-state index contributed by atoms with van der Waals surface area (Å²) in [6.45, 7) is 3.63. The Hall–Kier alpha value is -2.30. The number of aromatic nitrogens is 4. The minimum absolute atomic E-state index is 0.201. The summed E-state index contributed by atoms with van der Waals surface area (Å²) < 4.78 is 0. The normalized spacial score (nSPS) is 10.0. The van der Waals surface area contributed by atoms with Crippen molar-refractivity contribution in [2.24, 2.45) is 0 Å². The van der Waals surface area contributed by atoms with Gasteiger partial charge in [-0.2, -0.15) is 9.97 Å². The summed E-state index contributed by atoms with van der Waals surface area (Å²) in [7, 11) is 0. The van der Waals surface area contributed by atoms with Crippen LogP contribution in [0.4, 0.5) is 5.95 Å². The van der Waals surface area contributed by atoms with E-state index in [0.29, 0.717) is 23.8 Å². The Morgan fingerprint density at radius 3 is 2.81 bits per heavy atom. The highest BCUT2D eigenvalue weighted by Gasteiger charge is 2.06. The maximum Gasteiger partial charge on any atom is 0.223 e. The Labute approximate surface area is 93.1 Å². The number of nitrogens with two attached hydrogens (primary N) is 1. The van der Waals surface area contributed by atoms with Crippen molar-refractivity contribution in [2.75, 3.05) is 5.73 Å². The average molecular weight is 213 g/mol. The molecule has 0 aromatic carbocycles. The molecule has 0 atom stereocenters. The first kappa shape index (κ1) is 10.2. The first-order chi connectivity index (χ1) is 7.79. The fourth-order valence-electron chi connectivity index (χ4n) is 1.27. The van der Waals surface area contributed by atoms with Gasteiger partial charge in [0.2, 0.25) is 5.95 Å². The first-order valence-corrected chi connectivity index (χ1v) is 4.82. The van der Waals surface area contributed by atoms with Crippen molar-refractivity contribution in [2.45, 2.75) is 6.42 Å². The highest BCUT2D eigenvalue weighted by atomic mass is 15.1. The molecule has 80 valence electrons. The summed E-state index contributed by atoms with van der Waals surface area (Å²) in [6, 6.07) is 5.53. The van der Waals surface area contributed by atoms with Gasteiger partial charge in [0, 0.05) is 12.6 Å². The zero-order valence-corrected chi connectivity index (χ0v) is 8.67. The van der Waals surface area contributed by atoms with E-state index in [1.807, 2.05) is 18.2 Å². The molecule has 5 heteroatoms. The molecule has 0 radical (unpaired) electrons. The molecule has 2 heterocycles. The van der Waals surface area contributed by atoms with Crippen molar-refractivity contribution >= 4 is 5.95 Å². The van der Waals surface area contributed by atoms with Gasteiger partial charge in [-0.05, 0) is 12.1 Å². The molecule has 2 aromatic heterocycles. The summed E-state index contributed by atoms with van der Waals surface area (Å²) in [6.07, 6.45) is 3.96. The minimum atomic E-state index is 0.201. The Bertz CT molecular complexity index is 495. The lowest BCUT2D eigenvalue weighted by molar-refractivity contribution is 0.946. The quantitative estimate of drug-likeness (QED) is 0.776. The van der Waals surface area contributed by atoms with Crippen LogP contribution in [0, 0.1) is 0 Å². The Kier molecular flexibility index (Phi) is 2.86.